The second kappa shape index (κ2) is 3.82. The molecular formula is C12H25NO. The number of rotatable bonds is 3. The maximum absolute atomic E-state index is 9.37. The summed E-state index contributed by atoms with van der Waals surface area (Å²) in [7, 11) is 0. The molecule has 0 radical (unpaired) electrons. The molecule has 1 atom stereocenters. The first-order valence-electron chi connectivity index (χ1n) is 5.69. The smallest absolute Gasteiger partial charge is 0.0612 e. The Hall–Kier alpha value is -0.0800. The highest BCUT2D eigenvalue weighted by Gasteiger charge is 2.43. The standard InChI is InChI=1S/C12H25NO/c1-6-12(5,9-14)13-7-10(8-13)11(2,3)4/h10,14H,6-9H2,1-5H3. The third-order valence-electron chi connectivity index (χ3n) is 3.97. The highest BCUT2D eigenvalue weighted by atomic mass is 16.3. The van der Waals surface area contributed by atoms with Crippen LogP contribution in [0.2, 0.25) is 0 Å². The first-order chi connectivity index (χ1) is 6.33. The van der Waals surface area contributed by atoms with Crippen LogP contribution in [0.5, 0.6) is 0 Å². The summed E-state index contributed by atoms with van der Waals surface area (Å²) >= 11 is 0. The lowest BCUT2D eigenvalue weighted by molar-refractivity contribution is -0.0714. The van der Waals surface area contributed by atoms with Crippen molar-refractivity contribution in [3.05, 3.63) is 0 Å². The van der Waals surface area contributed by atoms with Crippen LogP contribution >= 0.6 is 0 Å². The Balaban J connectivity index is 2.48. The fourth-order valence-corrected chi connectivity index (χ4v) is 1.90. The van der Waals surface area contributed by atoms with E-state index in [1.54, 1.807) is 0 Å². The lowest BCUT2D eigenvalue weighted by Gasteiger charge is -2.54. The Morgan fingerprint density at radius 2 is 1.71 bits per heavy atom. The summed E-state index contributed by atoms with van der Waals surface area (Å²) in [5.41, 5.74) is 0.433. The van der Waals surface area contributed by atoms with Gasteiger partial charge in [-0.3, -0.25) is 4.90 Å². The van der Waals surface area contributed by atoms with Crippen LogP contribution in [0, 0.1) is 11.3 Å². The van der Waals surface area contributed by atoms with Crippen molar-refractivity contribution in [2.75, 3.05) is 19.7 Å². The molecule has 2 heteroatoms. The maximum Gasteiger partial charge on any atom is 0.0612 e. The number of hydrogen-bond donors (Lipinski definition) is 1. The molecule has 0 aromatic carbocycles. The van der Waals surface area contributed by atoms with Gasteiger partial charge < -0.3 is 5.11 Å². The van der Waals surface area contributed by atoms with Gasteiger partial charge in [0.05, 0.1) is 6.61 Å². The Morgan fingerprint density at radius 1 is 1.21 bits per heavy atom. The van der Waals surface area contributed by atoms with Gasteiger partial charge in [-0.1, -0.05) is 27.7 Å². The summed E-state index contributed by atoms with van der Waals surface area (Å²) in [6, 6.07) is 0. The molecule has 0 aromatic heterocycles. The molecule has 0 aliphatic carbocycles. The Bertz CT molecular complexity index is 185. The monoisotopic (exact) mass is 199 g/mol. The third-order valence-corrected chi connectivity index (χ3v) is 3.97. The highest BCUT2D eigenvalue weighted by Crippen LogP contribution is 2.37. The zero-order valence-electron chi connectivity index (χ0n) is 10.3. The summed E-state index contributed by atoms with van der Waals surface area (Å²) < 4.78 is 0. The minimum absolute atomic E-state index is 0.0156. The second-order valence-corrected chi connectivity index (χ2v) is 5.98. The summed E-state index contributed by atoms with van der Waals surface area (Å²) in [6.45, 7) is 13.8. The van der Waals surface area contributed by atoms with Crippen LogP contribution in [-0.4, -0.2) is 35.2 Å². The first-order valence-corrected chi connectivity index (χ1v) is 5.69. The summed E-state index contributed by atoms with van der Waals surface area (Å²) in [5.74, 6) is 0.792. The molecule has 1 unspecified atom stereocenters. The normalized spacial score (nSPS) is 24.4. The van der Waals surface area contributed by atoms with Crippen molar-refractivity contribution in [3.8, 4) is 0 Å². The van der Waals surface area contributed by atoms with Crippen LogP contribution in [0.25, 0.3) is 0 Å². The molecule has 14 heavy (non-hydrogen) atoms. The minimum atomic E-state index is 0.0156. The molecule has 0 bridgehead atoms. The van der Waals surface area contributed by atoms with Crippen molar-refractivity contribution >= 4 is 0 Å². The quantitative estimate of drug-likeness (QED) is 0.752. The predicted molar refractivity (Wildman–Crippen MR) is 60.3 cm³/mol. The van der Waals surface area contributed by atoms with Gasteiger partial charge in [0.2, 0.25) is 0 Å². The zero-order chi connectivity index (χ0) is 11.0. The first kappa shape index (κ1) is 12.0. The van der Waals surface area contributed by atoms with E-state index in [-0.39, 0.29) is 12.1 Å². The average Bonchev–Trinajstić information content (AvgIpc) is 1.98. The van der Waals surface area contributed by atoms with Gasteiger partial charge in [0.25, 0.3) is 0 Å². The fourth-order valence-electron chi connectivity index (χ4n) is 1.90. The fraction of sp³-hybridized carbons (Fsp3) is 1.00. The van der Waals surface area contributed by atoms with Gasteiger partial charge in [-0.25, -0.2) is 0 Å². The largest absolute Gasteiger partial charge is 0.394 e. The van der Waals surface area contributed by atoms with E-state index in [1.165, 1.54) is 0 Å². The minimum Gasteiger partial charge on any atom is -0.394 e. The number of aliphatic hydroxyl groups is 1. The van der Waals surface area contributed by atoms with Gasteiger partial charge in [0, 0.05) is 18.6 Å². The molecule has 0 spiro atoms. The van der Waals surface area contributed by atoms with E-state index in [2.05, 4.69) is 39.5 Å². The molecule has 2 nitrogen and oxygen atoms in total. The van der Waals surface area contributed by atoms with E-state index in [0.717, 1.165) is 25.4 Å². The molecule has 1 N–H and O–H groups in total. The summed E-state index contributed by atoms with van der Waals surface area (Å²) in [4.78, 5) is 2.42. The molecule has 1 heterocycles. The number of hydrogen-bond acceptors (Lipinski definition) is 2. The van der Waals surface area contributed by atoms with Crippen LogP contribution in [0.3, 0.4) is 0 Å². The van der Waals surface area contributed by atoms with Crippen molar-refractivity contribution in [1.82, 2.24) is 4.90 Å². The molecule has 1 fully saturated rings. The van der Waals surface area contributed by atoms with E-state index in [9.17, 15) is 5.11 Å². The van der Waals surface area contributed by atoms with Crippen molar-refractivity contribution in [2.45, 2.75) is 46.6 Å². The van der Waals surface area contributed by atoms with E-state index in [1.807, 2.05) is 0 Å². The predicted octanol–water partition coefficient (Wildman–Crippen LogP) is 2.13. The molecule has 0 aromatic rings. The van der Waals surface area contributed by atoms with Crippen LogP contribution in [0.1, 0.15) is 41.0 Å². The number of nitrogens with zero attached hydrogens (tertiary/aromatic N) is 1. The van der Waals surface area contributed by atoms with E-state index in [0.29, 0.717) is 5.41 Å². The van der Waals surface area contributed by atoms with Gasteiger partial charge in [0.1, 0.15) is 0 Å². The van der Waals surface area contributed by atoms with Gasteiger partial charge in [0.15, 0.2) is 0 Å². The van der Waals surface area contributed by atoms with Gasteiger partial charge in [-0.2, -0.15) is 0 Å². The summed E-state index contributed by atoms with van der Waals surface area (Å²) in [5, 5.41) is 9.37. The van der Waals surface area contributed by atoms with E-state index >= 15 is 0 Å². The number of aliphatic hydroxyl groups excluding tert-OH is 1. The molecule has 0 saturated carbocycles. The van der Waals surface area contributed by atoms with Crippen LogP contribution < -0.4 is 0 Å². The maximum atomic E-state index is 9.37. The second-order valence-electron chi connectivity index (χ2n) is 5.98. The number of likely N-dealkylation sites (tertiary alicyclic amines) is 1. The molecular weight excluding hydrogens is 174 g/mol. The molecule has 1 aliphatic heterocycles. The van der Waals surface area contributed by atoms with E-state index in [4.69, 9.17) is 0 Å². The van der Waals surface area contributed by atoms with Gasteiger partial charge >= 0.3 is 0 Å². The Kier molecular flexibility index (Phi) is 3.27. The third kappa shape index (κ3) is 2.12. The van der Waals surface area contributed by atoms with Gasteiger partial charge in [-0.15, -0.1) is 0 Å². The van der Waals surface area contributed by atoms with Crippen molar-refractivity contribution < 1.29 is 5.11 Å². The molecule has 84 valence electrons. The van der Waals surface area contributed by atoms with Crippen molar-refractivity contribution in [1.29, 1.82) is 0 Å². The average molecular weight is 199 g/mol. The molecule has 1 saturated heterocycles. The lowest BCUT2D eigenvalue weighted by Crippen LogP contribution is -2.62. The van der Waals surface area contributed by atoms with Crippen LogP contribution in [0.4, 0.5) is 0 Å². The van der Waals surface area contributed by atoms with Crippen LogP contribution in [0.15, 0.2) is 0 Å². The Morgan fingerprint density at radius 3 is 2.00 bits per heavy atom. The topological polar surface area (TPSA) is 23.5 Å². The van der Waals surface area contributed by atoms with Crippen molar-refractivity contribution in [3.63, 3.8) is 0 Å². The van der Waals surface area contributed by atoms with E-state index < -0.39 is 0 Å². The summed E-state index contributed by atoms with van der Waals surface area (Å²) in [6.07, 6.45) is 1.03. The SMILES string of the molecule is CCC(C)(CO)N1CC(C(C)(C)C)C1. The lowest BCUT2D eigenvalue weighted by atomic mass is 9.74. The molecule has 0 amide bonds. The molecule has 1 aliphatic rings. The highest BCUT2D eigenvalue weighted by molar-refractivity contribution is 4.96. The Labute approximate surface area is 88.3 Å². The zero-order valence-corrected chi connectivity index (χ0v) is 10.3. The van der Waals surface area contributed by atoms with Gasteiger partial charge in [-0.05, 0) is 24.7 Å². The van der Waals surface area contributed by atoms with Crippen LogP contribution in [-0.2, 0) is 0 Å². The van der Waals surface area contributed by atoms with Crippen molar-refractivity contribution in [2.24, 2.45) is 11.3 Å². The molecule has 1 rings (SSSR count).